The predicted molar refractivity (Wildman–Crippen MR) is 195 cm³/mol. The molecular formula is C36H46N2O8S2. The first kappa shape index (κ1) is 36.3. The Labute approximate surface area is 290 Å². The fourth-order valence-electron chi connectivity index (χ4n) is 5.46. The van der Waals surface area contributed by atoms with E-state index in [1.165, 1.54) is 12.1 Å². The molecule has 0 atom stereocenters. The Kier molecular flexibility index (Phi) is 14.6. The van der Waals surface area contributed by atoms with Gasteiger partial charge in [-0.15, -0.1) is 0 Å². The molecule has 1 fully saturated rings. The van der Waals surface area contributed by atoms with Crippen molar-refractivity contribution >= 4 is 45.5 Å². The third-order valence-electron chi connectivity index (χ3n) is 8.15. The molecule has 48 heavy (non-hydrogen) atoms. The highest BCUT2D eigenvalue weighted by Crippen LogP contribution is 2.23. The maximum Gasteiger partial charge on any atom is 0.336 e. The SMILES string of the molecule is Cc1cc(=O)oc2cc(OCCN3CCOCCN(CCOc4ccc5c(C)cc(=O)oc5c4)CCSCCOCCSCC3)ccc12. The number of aryl methyl sites for hydroxylation is 2. The number of thioether (sulfide) groups is 2. The summed E-state index contributed by atoms with van der Waals surface area (Å²) in [7, 11) is 0. The lowest BCUT2D eigenvalue weighted by atomic mass is 10.1. The van der Waals surface area contributed by atoms with E-state index in [0.29, 0.717) is 49.1 Å². The topological polar surface area (TPSA) is 104 Å². The van der Waals surface area contributed by atoms with Crippen molar-refractivity contribution in [3.05, 3.63) is 80.5 Å². The summed E-state index contributed by atoms with van der Waals surface area (Å²) >= 11 is 3.81. The first-order valence-corrected chi connectivity index (χ1v) is 18.9. The summed E-state index contributed by atoms with van der Waals surface area (Å²) in [5, 5.41) is 1.82. The molecule has 2 aromatic heterocycles. The Morgan fingerprint density at radius 3 is 1.54 bits per heavy atom. The van der Waals surface area contributed by atoms with Gasteiger partial charge in [-0.25, -0.2) is 9.59 Å². The van der Waals surface area contributed by atoms with E-state index < -0.39 is 0 Å². The molecule has 0 radical (unpaired) electrons. The lowest BCUT2D eigenvalue weighted by Crippen LogP contribution is -2.36. The standard InChI is InChI=1S/C36H46N2O8S2/c1-27-23-35(39)45-33-25-29(3-5-31(27)33)43-15-9-37-7-13-41-14-8-38(12-20-48-22-18-42-17-21-47-19-11-37)10-16-44-30-4-6-32-28(2)24-36(40)46-34(32)26-30/h3-6,23-26H,7-22H2,1-2H3. The summed E-state index contributed by atoms with van der Waals surface area (Å²) in [6.07, 6.45) is 0. The summed E-state index contributed by atoms with van der Waals surface area (Å²) in [5.74, 6) is 5.34. The highest BCUT2D eigenvalue weighted by molar-refractivity contribution is 7.99. The van der Waals surface area contributed by atoms with E-state index in [1.807, 2.05) is 61.6 Å². The molecule has 0 N–H and O–H groups in total. The van der Waals surface area contributed by atoms with Crippen molar-refractivity contribution in [3.63, 3.8) is 0 Å². The molecule has 0 amide bonds. The van der Waals surface area contributed by atoms with E-state index in [2.05, 4.69) is 9.80 Å². The van der Waals surface area contributed by atoms with Crippen LogP contribution < -0.4 is 20.7 Å². The molecule has 260 valence electrons. The molecule has 4 aromatic rings. The number of nitrogens with zero attached hydrogens (tertiary/aromatic N) is 2. The molecule has 1 aliphatic rings. The maximum absolute atomic E-state index is 11.8. The average Bonchev–Trinajstić information content (AvgIpc) is 3.05. The van der Waals surface area contributed by atoms with Gasteiger partial charge in [0.1, 0.15) is 35.9 Å². The maximum atomic E-state index is 11.8. The van der Waals surface area contributed by atoms with Crippen LogP contribution >= 0.6 is 23.5 Å². The van der Waals surface area contributed by atoms with Gasteiger partial charge in [-0.05, 0) is 49.2 Å². The molecule has 0 aliphatic carbocycles. The fraction of sp³-hybridized carbons (Fsp3) is 0.500. The molecule has 2 aromatic carbocycles. The smallest absolute Gasteiger partial charge is 0.336 e. The van der Waals surface area contributed by atoms with Crippen molar-refractivity contribution in [1.82, 2.24) is 9.80 Å². The molecule has 5 rings (SSSR count). The highest BCUT2D eigenvalue weighted by Gasteiger charge is 2.11. The lowest BCUT2D eigenvalue weighted by molar-refractivity contribution is 0.0787. The molecule has 10 nitrogen and oxygen atoms in total. The fourth-order valence-corrected chi connectivity index (χ4v) is 7.12. The first-order chi connectivity index (χ1) is 23.4. The second kappa shape index (κ2) is 19.3. The molecule has 1 saturated heterocycles. The van der Waals surface area contributed by atoms with Crippen molar-refractivity contribution < 1.29 is 27.8 Å². The van der Waals surface area contributed by atoms with Gasteiger partial charge in [0.2, 0.25) is 0 Å². The van der Waals surface area contributed by atoms with Crippen LogP contribution in [0.1, 0.15) is 11.1 Å². The predicted octanol–water partition coefficient (Wildman–Crippen LogP) is 5.09. The summed E-state index contributed by atoms with van der Waals surface area (Å²) in [6.45, 7) is 12.6. The van der Waals surface area contributed by atoms with Crippen LogP contribution in [0.3, 0.4) is 0 Å². The zero-order chi connectivity index (χ0) is 33.6. The molecule has 0 unspecified atom stereocenters. The quantitative estimate of drug-likeness (QED) is 0.229. The van der Waals surface area contributed by atoms with E-state index in [0.717, 1.165) is 97.4 Å². The van der Waals surface area contributed by atoms with Crippen LogP contribution in [0.5, 0.6) is 11.5 Å². The number of fused-ring (bicyclic) bond motifs is 2. The lowest BCUT2D eigenvalue weighted by Gasteiger charge is -2.24. The van der Waals surface area contributed by atoms with Crippen molar-refractivity contribution in [2.45, 2.75) is 13.8 Å². The molecular weight excluding hydrogens is 653 g/mol. The van der Waals surface area contributed by atoms with Gasteiger partial charge in [0.25, 0.3) is 0 Å². The van der Waals surface area contributed by atoms with Crippen LogP contribution in [0.15, 0.2) is 67.0 Å². The van der Waals surface area contributed by atoms with Gasteiger partial charge in [0.05, 0.1) is 26.4 Å². The number of hydrogen-bond acceptors (Lipinski definition) is 12. The molecule has 0 saturated carbocycles. The molecule has 12 heteroatoms. The average molecular weight is 699 g/mol. The molecule has 1 aliphatic heterocycles. The van der Waals surface area contributed by atoms with Crippen LogP contribution in [0.2, 0.25) is 0 Å². The second-order valence-corrected chi connectivity index (χ2v) is 14.1. The Bertz CT molecular complexity index is 1590. The molecule has 0 spiro atoms. The summed E-state index contributed by atoms with van der Waals surface area (Å²) in [4.78, 5) is 28.4. The van der Waals surface area contributed by atoms with E-state index in [9.17, 15) is 9.59 Å². The van der Waals surface area contributed by atoms with Crippen LogP contribution in [-0.2, 0) is 9.47 Å². The second-order valence-electron chi connectivity index (χ2n) is 11.6. The minimum atomic E-state index is -0.355. The largest absolute Gasteiger partial charge is 0.492 e. The van der Waals surface area contributed by atoms with Crippen molar-refractivity contribution in [3.8, 4) is 11.5 Å². The van der Waals surface area contributed by atoms with Gasteiger partial charge in [-0.3, -0.25) is 9.80 Å². The zero-order valence-corrected chi connectivity index (χ0v) is 29.5. The Balaban J connectivity index is 1.09. The summed E-state index contributed by atoms with van der Waals surface area (Å²) < 4.78 is 34.9. The van der Waals surface area contributed by atoms with E-state index in [1.54, 1.807) is 12.1 Å². The molecule has 3 heterocycles. The third kappa shape index (κ3) is 11.6. The minimum absolute atomic E-state index is 0.355. The third-order valence-corrected chi connectivity index (χ3v) is 10.0. The summed E-state index contributed by atoms with van der Waals surface area (Å²) in [5.41, 5.74) is 2.16. The van der Waals surface area contributed by atoms with Crippen LogP contribution in [0, 0.1) is 13.8 Å². The van der Waals surface area contributed by atoms with Crippen LogP contribution in [0.25, 0.3) is 21.9 Å². The zero-order valence-electron chi connectivity index (χ0n) is 27.9. The van der Waals surface area contributed by atoms with E-state index >= 15 is 0 Å². The number of rotatable bonds is 8. The van der Waals surface area contributed by atoms with Gasteiger partial charge < -0.3 is 27.8 Å². The van der Waals surface area contributed by atoms with Gasteiger partial charge in [-0.2, -0.15) is 23.5 Å². The minimum Gasteiger partial charge on any atom is -0.492 e. The summed E-state index contributed by atoms with van der Waals surface area (Å²) in [6, 6.07) is 14.3. The Morgan fingerprint density at radius 1 is 0.604 bits per heavy atom. The van der Waals surface area contributed by atoms with Gasteiger partial charge >= 0.3 is 11.3 Å². The van der Waals surface area contributed by atoms with E-state index in [4.69, 9.17) is 27.8 Å². The monoisotopic (exact) mass is 698 g/mol. The van der Waals surface area contributed by atoms with Gasteiger partial charge in [-0.1, -0.05) is 0 Å². The van der Waals surface area contributed by atoms with Crippen LogP contribution in [-0.4, -0.2) is 112 Å². The number of hydrogen-bond donors (Lipinski definition) is 0. The highest BCUT2D eigenvalue weighted by atomic mass is 32.2. The first-order valence-electron chi connectivity index (χ1n) is 16.5. The normalized spacial score (nSPS) is 17.2. The van der Waals surface area contributed by atoms with Crippen LogP contribution in [0.4, 0.5) is 0 Å². The number of benzene rings is 2. The van der Waals surface area contributed by atoms with E-state index in [-0.39, 0.29) is 11.3 Å². The number of ether oxygens (including phenoxy) is 4. The van der Waals surface area contributed by atoms with Crippen molar-refractivity contribution in [1.29, 1.82) is 0 Å². The van der Waals surface area contributed by atoms with Gasteiger partial charge in [0, 0.05) is 97.3 Å². The van der Waals surface area contributed by atoms with Crippen molar-refractivity contribution in [2.24, 2.45) is 0 Å². The van der Waals surface area contributed by atoms with Crippen molar-refractivity contribution in [2.75, 3.05) is 102 Å². The van der Waals surface area contributed by atoms with Gasteiger partial charge in [0.15, 0.2) is 0 Å². The molecule has 0 bridgehead atoms. The Hall–Kier alpha value is -3.00. The Morgan fingerprint density at radius 2 is 1.06 bits per heavy atom.